The van der Waals surface area contributed by atoms with E-state index in [0.717, 1.165) is 0 Å². The van der Waals surface area contributed by atoms with Crippen LogP contribution in [0.3, 0.4) is 0 Å². The maximum Gasteiger partial charge on any atom is 0.253 e. The summed E-state index contributed by atoms with van der Waals surface area (Å²) in [7, 11) is -3.16. The summed E-state index contributed by atoms with van der Waals surface area (Å²) >= 11 is 5.89. The van der Waals surface area contributed by atoms with Gasteiger partial charge in [-0.25, -0.2) is 12.7 Å². The fourth-order valence-electron chi connectivity index (χ4n) is 2.33. The number of hydrogen-bond acceptors (Lipinski definition) is 4. The predicted molar refractivity (Wildman–Crippen MR) is 82.8 cm³/mol. The lowest BCUT2D eigenvalue weighted by molar-refractivity contribution is 0.0925. The van der Waals surface area contributed by atoms with Crippen LogP contribution in [0.1, 0.15) is 23.2 Å². The van der Waals surface area contributed by atoms with E-state index in [1.54, 1.807) is 18.2 Å². The van der Waals surface area contributed by atoms with Crippen molar-refractivity contribution in [2.75, 3.05) is 25.1 Å². The van der Waals surface area contributed by atoms with Crippen LogP contribution in [0.15, 0.2) is 18.2 Å². The van der Waals surface area contributed by atoms with E-state index in [9.17, 15) is 13.2 Å². The first-order chi connectivity index (χ1) is 9.79. The quantitative estimate of drug-likeness (QED) is 0.810. The Kier molecular flexibility index (Phi) is 4.75. The molecule has 6 nitrogen and oxygen atoms in total. The second-order valence-corrected chi connectivity index (χ2v) is 7.50. The Morgan fingerprint density at radius 2 is 2.00 bits per heavy atom. The second kappa shape index (κ2) is 6.21. The summed E-state index contributed by atoms with van der Waals surface area (Å²) in [5, 5.41) is 3.22. The molecule has 1 saturated heterocycles. The number of halogens is 1. The molecule has 116 valence electrons. The Labute approximate surface area is 129 Å². The van der Waals surface area contributed by atoms with Gasteiger partial charge in [-0.3, -0.25) is 4.79 Å². The van der Waals surface area contributed by atoms with Gasteiger partial charge in [0.15, 0.2) is 0 Å². The van der Waals surface area contributed by atoms with Crippen LogP contribution in [0.25, 0.3) is 0 Å². The molecule has 1 aliphatic rings. The van der Waals surface area contributed by atoms with E-state index in [2.05, 4.69) is 5.32 Å². The molecule has 0 aliphatic carbocycles. The van der Waals surface area contributed by atoms with Crippen LogP contribution in [0.5, 0.6) is 0 Å². The van der Waals surface area contributed by atoms with E-state index in [1.165, 1.54) is 10.6 Å². The number of carbonyl (C=O) groups is 1. The lowest BCUT2D eigenvalue weighted by Crippen LogP contribution is -2.46. The summed E-state index contributed by atoms with van der Waals surface area (Å²) in [4.78, 5) is 12.2. The van der Waals surface area contributed by atoms with E-state index in [4.69, 9.17) is 17.3 Å². The number of para-hydroxylation sites is 1. The summed E-state index contributed by atoms with van der Waals surface area (Å²) in [5.74, 6) is -0.284. The standard InChI is InChI=1S/C13H18ClN3O3S/c1-21(19,20)17-7-5-9(6-8-17)16-13(18)10-3-2-4-11(14)12(10)15/h2-4,9H,5-8,15H2,1H3,(H,16,18). The van der Waals surface area contributed by atoms with Crippen LogP contribution in [0.2, 0.25) is 5.02 Å². The van der Waals surface area contributed by atoms with Crippen LogP contribution < -0.4 is 11.1 Å². The zero-order valence-electron chi connectivity index (χ0n) is 11.7. The monoisotopic (exact) mass is 331 g/mol. The van der Waals surface area contributed by atoms with E-state index >= 15 is 0 Å². The number of carbonyl (C=O) groups excluding carboxylic acids is 1. The normalized spacial score (nSPS) is 17.6. The molecule has 3 N–H and O–H groups in total. The minimum atomic E-state index is -3.16. The van der Waals surface area contributed by atoms with Crippen LogP contribution in [0.4, 0.5) is 5.69 Å². The van der Waals surface area contributed by atoms with Crippen LogP contribution >= 0.6 is 11.6 Å². The Morgan fingerprint density at radius 3 is 2.57 bits per heavy atom. The fraction of sp³-hybridized carbons (Fsp3) is 0.462. The Bertz CT molecular complexity index is 640. The van der Waals surface area contributed by atoms with Gasteiger partial charge in [-0.15, -0.1) is 0 Å². The predicted octanol–water partition coefficient (Wildman–Crippen LogP) is 1.08. The van der Waals surface area contributed by atoms with E-state index < -0.39 is 10.0 Å². The molecule has 0 aromatic heterocycles. The SMILES string of the molecule is CS(=O)(=O)N1CCC(NC(=O)c2cccc(Cl)c2N)CC1. The van der Waals surface area contributed by atoms with Gasteiger partial charge in [0, 0.05) is 19.1 Å². The van der Waals surface area contributed by atoms with E-state index in [1.807, 2.05) is 0 Å². The molecular formula is C13H18ClN3O3S. The Morgan fingerprint density at radius 1 is 1.38 bits per heavy atom. The molecule has 0 atom stereocenters. The minimum Gasteiger partial charge on any atom is -0.397 e. The van der Waals surface area contributed by atoms with Gasteiger partial charge >= 0.3 is 0 Å². The molecule has 0 spiro atoms. The van der Waals surface area contributed by atoms with Gasteiger partial charge in [-0.1, -0.05) is 17.7 Å². The van der Waals surface area contributed by atoms with E-state index in [-0.39, 0.29) is 17.6 Å². The average Bonchev–Trinajstić information content (AvgIpc) is 2.41. The van der Waals surface area contributed by atoms with Gasteiger partial charge in [-0.05, 0) is 25.0 Å². The fourth-order valence-corrected chi connectivity index (χ4v) is 3.38. The summed E-state index contributed by atoms with van der Waals surface area (Å²) in [6.07, 6.45) is 2.36. The largest absolute Gasteiger partial charge is 0.397 e. The summed E-state index contributed by atoms with van der Waals surface area (Å²) in [5.41, 5.74) is 6.38. The third kappa shape index (κ3) is 3.87. The number of nitrogens with zero attached hydrogens (tertiary/aromatic N) is 1. The highest BCUT2D eigenvalue weighted by Gasteiger charge is 2.26. The molecule has 0 saturated carbocycles. The minimum absolute atomic E-state index is 0.0612. The summed E-state index contributed by atoms with van der Waals surface area (Å²) in [6, 6.07) is 4.84. The van der Waals surface area contributed by atoms with Crippen molar-refractivity contribution in [3.8, 4) is 0 Å². The van der Waals surface area contributed by atoms with Crippen LogP contribution in [-0.2, 0) is 10.0 Å². The highest BCUT2D eigenvalue weighted by molar-refractivity contribution is 7.88. The maximum atomic E-state index is 12.2. The molecule has 8 heteroatoms. The molecule has 1 aromatic rings. The second-order valence-electron chi connectivity index (χ2n) is 5.11. The number of amides is 1. The number of nitrogen functional groups attached to an aromatic ring is 1. The third-order valence-corrected chi connectivity index (χ3v) is 5.19. The smallest absolute Gasteiger partial charge is 0.253 e. The number of benzene rings is 1. The van der Waals surface area contributed by atoms with Crippen molar-refractivity contribution in [1.29, 1.82) is 0 Å². The number of piperidine rings is 1. The van der Waals surface area contributed by atoms with Gasteiger partial charge in [0.1, 0.15) is 0 Å². The lowest BCUT2D eigenvalue weighted by atomic mass is 10.1. The number of nitrogens with one attached hydrogen (secondary N) is 1. The summed E-state index contributed by atoms with van der Waals surface area (Å²) in [6.45, 7) is 0.823. The van der Waals surface area contributed by atoms with Crippen molar-refractivity contribution >= 4 is 33.2 Å². The Hall–Kier alpha value is -1.31. The molecule has 21 heavy (non-hydrogen) atoms. The molecule has 1 fully saturated rings. The molecule has 0 radical (unpaired) electrons. The van der Waals surface area contributed by atoms with Gasteiger partial charge in [0.25, 0.3) is 5.91 Å². The van der Waals surface area contributed by atoms with Crippen molar-refractivity contribution in [2.45, 2.75) is 18.9 Å². The average molecular weight is 332 g/mol. The summed E-state index contributed by atoms with van der Waals surface area (Å²) < 4.78 is 24.3. The molecule has 1 heterocycles. The number of rotatable bonds is 3. The van der Waals surface area contributed by atoms with Crippen LogP contribution in [0, 0.1) is 0 Å². The van der Waals surface area contributed by atoms with Gasteiger partial charge < -0.3 is 11.1 Å². The van der Waals surface area contributed by atoms with E-state index in [0.29, 0.717) is 36.5 Å². The third-order valence-electron chi connectivity index (χ3n) is 3.56. The first-order valence-corrected chi connectivity index (χ1v) is 8.81. The maximum absolute atomic E-state index is 12.2. The van der Waals surface area contributed by atoms with Crippen molar-refractivity contribution in [3.05, 3.63) is 28.8 Å². The van der Waals surface area contributed by atoms with Crippen molar-refractivity contribution in [3.63, 3.8) is 0 Å². The molecular weight excluding hydrogens is 314 g/mol. The highest BCUT2D eigenvalue weighted by Crippen LogP contribution is 2.23. The molecule has 1 amide bonds. The first-order valence-electron chi connectivity index (χ1n) is 6.59. The van der Waals surface area contributed by atoms with Crippen molar-refractivity contribution in [1.82, 2.24) is 9.62 Å². The molecule has 1 aliphatic heterocycles. The van der Waals surface area contributed by atoms with Gasteiger partial charge in [0.2, 0.25) is 10.0 Å². The zero-order chi connectivity index (χ0) is 15.6. The van der Waals surface area contributed by atoms with Gasteiger partial charge in [-0.2, -0.15) is 0 Å². The highest BCUT2D eigenvalue weighted by atomic mass is 35.5. The molecule has 0 unspecified atom stereocenters. The Balaban J connectivity index is 1.98. The topological polar surface area (TPSA) is 92.5 Å². The first kappa shape index (κ1) is 16.1. The van der Waals surface area contributed by atoms with Crippen molar-refractivity contribution < 1.29 is 13.2 Å². The molecule has 2 rings (SSSR count). The van der Waals surface area contributed by atoms with Crippen molar-refractivity contribution in [2.24, 2.45) is 0 Å². The molecule has 0 bridgehead atoms. The number of anilines is 1. The zero-order valence-corrected chi connectivity index (χ0v) is 13.2. The number of nitrogens with two attached hydrogens (primary N) is 1. The van der Waals surface area contributed by atoms with Crippen LogP contribution in [-0.4, -0.2) is 44.0 Å². The molecule has 1 aromatic carbocycles. The number of hydrogen-bond donors (Lipinski definition) is 2. The lowest BCUT2D eigenvalue weighted by Gasteiger charge is -2.30. The van der Waals surface area contributed by atoms with Gasteiger partial charge in [0.05, 0.1) is 22.5 Å². The number of sulfonamides is 1.